The Labute approximate surface area is 123 Å². The van der Waals surface area contributed by atoms with E-state index in [0.717, 1.165) is 26.1 Å². The summed E-state index contributed by atoms with van der Waals surface area (Å²) in [6.07, 6.45) is 1.44. The maximum absolute atomic E-state index is 11.6. The number of hydrogen-bond donors (Lipinski definition) is 1. The standard InChI is InChI=1S/C15H30N2O3/c1-6-11-17(7-2)12-10-16-13(18)8-9-14(19)20-15(3,4)5/h6-12H2,1-5H3,(H,16,18). The molecule has 0 aromatic heterocycles. The monoisotopic (exact) mass is 286 g/mol. The number of esters is 1. The van der Waals surface area contributed by atoms with Gasteiger partial charge in [0.1, 0.15) is 5.60 Å². The van der Waals surface area contributed by atoms with Crippen molar-refractivity contribution in [1.82, 2.24) is 10.2 Å². The molecule has 0 fully saturated rings. The lowest BCUT2D eigenvalue weighted by molar-refractivity contribution is -0.155. The molecular weight excluding hydrogens is 256 g/mol. The van der Waals surface area contributed by atoms with Crippen LogP contribution in [0.5, 0.6) is 0 Å². The van der Waals surface area contributed by atoms with Gasteiger partial charge in [-0.2, -0.15) is 0 Å². The second-order valence-electron chi connectivity index (χ2n) is 5.87. The summed E-state index contributed by atoms with van der Waals surface area (Å²) in [5, 5.41) is 2.84. The molecule has 0 aliphatic heterocycles. The molecule has 0 bridgehead atoms. The zero-order valence-corrected chi connectivity index (χ0v) is 13.6. The van der Waals surface area contributed by atoms with Crippen molar-refractivity contribution in [3.05, 3.63) is 0 Å². The number of ether oxygens (including phenoxy) is 1. The molecule has 0 heterocycles. The number of carbonyl (C=O) groups is 2. The van der Waals surface area contributed by atoms with E-state index in [-0.39, 0.29) is 24.7 Å². The molecule has 0 aliphatic rings. The highest BCUT2D eigenvalue weighted by molar-refractivity contribution is 5.81. The Hall–Kier alpha value is -1.10. The lowest BCUT2D eigenvalue weighted by Crippen LogP contribution is -2.35. The molecule has 118 valence electrons. The van der Waals surface area contributed by atoms with Crippen molar-refractivity contribution in [3.8, 4) is 0 Å². The molecule has 0 atom stereocenters. The number of rotatable bonds is 9. The number of nitrogens with zero attached hydrogens (tertiary/aromatic N) is 1. The summed E-state index contributed by atoms with van der Waals surface area (Å²) in [6, 6.07) is 0. The molecule has 0 aliphatic carbocycles. The molecule has 0 spiro atoms. The van der Waals surface area contributed by atoms with Crippen LogP contribution in [0.4, 0.5) is 0 Å². The minimum atomic E-state index is -0.491. The maximum Gasteiger partial charge on any atom is 0.306 e. The summed E-state index contributed by atoms with van der Waals surface area (Å²) in [4.78, 5) is 25.4. The lowest BCUT2D eigenvalue weighted by Gasteiger charge is -2.20. The Balaban J connectivity index is 3.76. The van der Waals surface area contributed by atoms with Crippen LogP contribution in [0.1, 0.15) is 53.9 Å². The number of likely N-dealkylation sites (N-methyl/N-ethyl adjacent to an activating group) is 1. The molecule has 0 unspecified atom stereocenters. The highest BCUT2D eigenvalue weighted by Gasteiger charge is 2.16. The summed E-state index contributed by atoms with van der Waals surface area (Å²) >= 11 is 0. The van der Waals surface area contributed by atoms with Crippen LogP contribution in [0.2, 0.25) is 0 Å². The Bertz CT molecular complexity index is 298. The first-order valence-corrected chi connectivity index (χ1v) is 7.49. The van der Waals surface area contributed by atoms with Crippen molar-refractivity contribution in [1.29, 1.82) is 0 Å². The summed E-state index contributed by atoms with van der Waals surface area (Å²) < 4.78 is 5.15. The largest absolute Gasteiger partial charge is 0.460 e. The fourth-order valence-electron chi connectivity index (χ4n) is 1.79. The van der Waals surface area contributed by atoms with Gasteiger partial charge >= 0.3 is 5.97 Å². The first kappa shape index (κ1) is 18.9. The Morgan fingerprint density at radius 3 is 2.25 bits per heavy atom. The van der Waals surface area contributed by atoms with Crippen LogP contribution in [0, 0.1) is 0 Å². The lowest BCUT2D eigenvalue weighted by atomic mass is 10.2. The minimum absolute atomic E-state index is 0.0941. The van der Waals surface area contributed by atoms with E-state index in [2.05, 4.69) is 24.1 Å². The van der Waals surface area contributed by atoms with Crippen LogP contribution in [0.25, 0.3) is 0 Å². The van der Waals surface area contributed by atoms with Gasteiger partial charge in [0.15, 0.2) is 0 Å². The number of hydrogen-bond acceptors (Lipinski definition) is 4. The highest BCUT2D eigenvalue weighted by atomic mass is 16.6. The van der Waals surface area contributed by atoms with Crippen molar-refractivity contribution in [2.75, 3.05) is 26.2 Å². The predicted molar refractivity (Wildman–Crippen MR) is 80.5 cm³/mol. The Morgan fingerprint density at radius 2 is 1.75 bits per heavy atom. The molecule has 0 saturated carbocycles. The highest BCUT2D eigenvalue weighted by Crippen LogP contribution is 2.08. The van der Waals surface area contributed by atoms with E-state index in [1.807, 2.05) is 20.8 Å². The van der Waals surface area contributed by atoms with E-state index in [4.69, 9.17) is 4.74 Å². The third kappa shape index (κ3) is 10.8. The number of carbonyl (C=O) groups excluding carboxylic acids is 2. The van der Waals surface area contributed by atoms with Crippen molar-refractivity contribution in [3.63, 3.8) is 0 Å². The minimum Gasteiger partial charge on any atom is -0.460 e. The fraction of sp³-hybridized carbons (Fsp3) is 0.867. The van der Waals surface area contributed by atoms with E-state index < -0.39 is 5.60 Å². The molecular formula is C15H30N2O3. The molecule has 0 saturated heterocycles. The van der Waals surface area contributed by atoms with Crippen molar-refractivity contribution < 1.29 is 14.3 Å². The zero-order chi connectivity index (χ0) is 15.6. The van der Waals surface area contributed by atoms with Crippen molar-refractivity contribution in [2.45, 2.75) is 59.5 Å². The molecule has 20 heavy (non-hydrogen) atoms. The molecule has 0 rings (SSSR count). The maximum atomic E-state index is 11.6. The Morgan fingerprint density at radius 1 is 1.10 bits per heavy atom. The molecule has 5 heteroatoms. The molecule has 5 nitrogen and oxygen atoms in total. The van der Waals surface area contributed by atoms with Crippen LogP contribution in [-0.4, -0.2) is 48.6 Å². The van der Waals surface area contributed by atoms with Crippen molar-refractivity contribution >= 4 is 11.9 Å². The number of amides is 1. The first-order valence-electron chi connectivity index (χ1n) is 7.49. The summed E-state index contributed by atoms with van der Waals surface area (Å²) in [6.45, 7) is 13.2. The first-order chi connectivity index (χ1) is 9.28. The molecule has 0 aromatic rings. The Kier molecular flexibility index (Phi) is 9.21. The van der Waals surface area contributed by atoms with Gasteiger partial charge in [0.2, 0.25) is 5.91 Å². The second kappa shape index (κ2) is 9.75. The smallest absolute Gasteiger partial charge is 0.306 e. The average Bonchev–Trinajstić information content (AvgIpc) is 2.33. The van der Waals surface area contributed by atoms with Gasteiger partial charge in [0, 0.05) is 19.5 Å². The van der Waals surface area contributed by atoms with E-state index in [9.17, 15) is 9.59 Å². The molecule has 0 radical (unpaired) electrons. The molecule has 0 aromatic carbocycles. The second-order valence-corrected chi connectivity index (χ2v) is 5.87. The molecule has 1 N–H and O–H groups in total. The van der Waals surface area contributed by atoms with E-state index in [1.54, 1.807) is 0 Å². The zero-order valence-electron chi connectivity index (χ0n) is 13.6. The topological polar surface area (TPSA) is 58.6 Å². The third-order valence-corrected chi connectivity index (χ3v) is 2.71. The van der Waals surface area contributed by atoms with Gasteiger partial charge in [0.25, 0.3) is 0 Å². The van der Waals surface area contributed by atoms with Gasteiger partial charge in [-0.3, -0.25) is 9.59 Å². The van der Waals surface area contributed by atoms with Crippen molar-refractivity contribution in [2.24, 2.45) is 0 Å². The predicted octanol–water partition coefficient (Wildman–Crippen LogP) is 1.96. The third-order valence-electron chi connectivity index (χ3n) is 2.71. The van der Waals surface area contributed by atoms with Gasteiger partial charge in [-0.15, -0.1) is 0 Å². The van der Waals surface area contributed by atoms with E-state index >= 15 is 0 Å². The van der Waals surface area contributed by atoms with Crippen LogP contribution in [-0.2, 0) is 14.3 Å². The van der Waals surface area contributed by atoms with Crippen LogP contribution < -0.4 is 5.32 Å². The van der Waals surface area contributed by atoms with Crippen LogP contribution in [0.3, 0.4) is 0 Å². The summed E-state index contributed by atoms with van der Waals surface area (Å²) in [5.41, 5.74) is -0.491. The SMILES string of the molecule is CCCN(CC)CCNC(=O)CCC(=O)OC(C)(C)C. The number of nitrogens with one attached hydrogen (secondary N) is 1. The van der Waals surface area contributed by atoms with Gasteiger partial charge in [-0.25, -0.2) is 0 Å². The summed E-state index contributed by atoms with van der Waals surface area (Å²) in [5.74, 6) is -0.419. The normalized spacial score (nSPS) is 11.5. The van der Waals surface area contributed by atoms with Crippen LogP contribution >= 0.6 is 0 Å². The van der Waals surface area contributed by atoms with Crippen LogP contribution in [0.15, 0.2) is 0 Å². The van der Waals surface area contributed by atoms with E-state index in [1.165, 1.54) is 0 Å². The van der Waals surface area contributed by atoms with Gasteiger partial charge in [0.05, 0.1) is 6.42 Å². The van der Waals surface area contributed by atoms with E-state index in [0.29, 0.717) is 6.54 Å². The quantitative estimate of drug-likeness (QED) is 0.658. The molecule has 1 amide bonds. The van der Waals surface area contributed by atoms with Gasteiger partial charge in [-0.05, 0) is 40.3 Å². The average molecular weight is 286 g/mol. The fourth-order valence-corrected chi connectivity index (χ4v) is 1.79. The van der Waals surface area contributed by atoms with Gasteiger partial charge in [-0.1, -0.05) is 13.8 Å². The van der Waals surface area contributed by atoms with Gasteiger partial charge < -0.3 is 15.0 Å². The summed E-state index contributed by atoms with van der Waals surface area (Å²) in [7, 11) is 0.